The number of carbonyl (C=O) groups excluding carboxylic acids is 1. The van der Waals surface area contributed by atoms with Gasteiger partial charge in [0.05, 0.1) is 11.5 Å². The Morgan fingerprint density at radius 2 is 2.10 bits per heavy atom. The number of ether oxygens (including phenoxy) is 2. The van der Waals surface area contributed by atoms with E-state index in [2.05, 4.69) is 6.58 Å². The molecule has 1 saturated heterocycles. The first-order valence-corrected chi connectivity index (χ1v) is 10.2. The highest BCUT2D eigenvalue weighted by molar-refractivity contribution is 8.26. The third kappa shape index (κ3) is 4.92. The third-order valence-electron chi connectivity index (χ3n) is 3.99. The Balaban J connectivity index is 1.77. The normalized spacial score (nSPS) is 15.0. The van der Waals surface area contributed by atoms with Crippen LogP contribution in [0.5, 0.6) is 11.5 Å². The number of furan rings is 1. The third-order valence-corrected chi connectivity index (χ3v) is 5.37. The summed E-state index contributed by atoms with van der Waals surface area (Å²) in [6.45, 7) is 6.34. The maximum atomic E-state index is 12.5. The quantitative estimate of drug-likeness (QED) is 0.346. The van der Waals surface area contributed by atoms with Gasteiger partial charge in [-0.2, -0.15) is 0 Å². The minimum absolute atomic E-state index is 0.0485. The Bertz CT molecular complexity index is 1030. The molecule has 0 atom stereocenters. The van der Waals surface area contributed by atoms with Crippen LogP contribution < -0.4 is 9.47 Å². The van der Waals surface area contributed by atoms with E-state index in [9.17, 15) is 9.59 Å². The first-order valence-electron chi connectivity index (χ1n) is 9.00. The summed E-state index contributed by atoms with van der Waals surface area (Å²) < 4.78 is 17.1. The van der Waals surface area contributed by atoms with Crippen LogP contribution in [0.2, 0.25) is 0 Å². The zero-order valence-electron chi connectivity index (χ0n) is 16.1. The Morgan fingerprint density at radius 3 is 2.77 bits per heavy atom. The molecule has 2 aromatic rings. The number of rotatable bonds is 9. The van der Waals surface area contributed by atoms with E-state index in [1.54, 1.807) is 36.4 Å². The van der Waals surface area contributed by atoms with Gasteiger partial charge < -0.3 is 19.0 Å². The highest BCUT2D eigenvalue weighted by Crippen LogP contribution is 2.35. The van der Waals surface area contributed by atoms with Crippen LogP contribution in [0.1, 0.15) is 28.8 Å². The fraction of sp³-hybridized carbons (Fsp3) is 0.190. The predicted molar refractivity (Wildman–Crippen MR) is 118 cm³/mol. The number of carboxylic acid groups (broad SMARTS) is 1. The molecule has 30 heavy (non-hydrogen) atoms. The molecule has 9 heteroatoms. The summed E-state index contributed by atoms with van der Waals surface area (Å²) in [5.41, 5.74) is 0.760. The number of carbonyl (C=O) groups is 2. The van der Waals surface area contributed by atoms with E-state index in [-0.39, 0.29) is 18.3 Å². The average molecular weight is 446 g/mol. The van der Waals surface area contributed by atoms with Crippen molar-refractivity contribution in [3.8, 4) is 11.5 Å². The van der Waals surface area contributed by atoms with Crippen LogP contribution in [0, 0.1) is 0 Å². The Labute approximate surface area is 182 Å². The fourth-order valence-electron chi connectivity index (χ4n) is 2.66. The average Bonchev–Trinajstić information content (AvgIpc) is 3.29. The van der Waals surface area contributed by atoms with Gasteiger partial charge in [0, 0.05) is 6.54 Å². The smallest absolute Gasteiger partial charge is 0.371 e. The van der Waals surface area contributed by atoms with Crippen molar-refractivity contribution >= 4 is 46.3 Å². The molecule has 0 bridgehead atoms. The van der Waals surface area contributed by atoms with Crippen molar-refractivity contribution in [3.05, 3.63) is 65.0 Å². The van der Waals surface area contributed by atoms with Gasteiger partial charge in [-0.05, 0) is 42.8 Å². The van der Waals surface area contributed by atoms with E-state index < -0.39 is 5.97 Å². The molecule has 3 rings (SSSR count). The van der Waals surface area contributed by atoms with Gasteiger partial charge in [-0.25, -0.2) is 4.79 Å². The maximum Gasteiger partial charge on any atom is 0.371 e. The van der Waals surface area contributed by atoms with E-state index in [0.29, 0.717) is 39.6 Å². The zero-order chi connectivity index (χ0) is 21.7. The summed E-state index contributed by atoms with van der Waals surface area (Å²) in [6, 6.07) is 8.20. The van der Waals surface area contributed by atoms with Crippen molar-refractivity contribution in [2.24, 2.45) is 0 Å². The minimum atomic E-state index is -1.14. The molecule has 7 nitrogen and oxygen atoms in total. The number of amides is 1. The van der Waals surface area contributed by atoms with Gasteiger partial charge >= 0.3 is 5.97 Å². The number of hydrogen-bond acceptors (Lipinski definition) is 7. The Kier molecular flexibility index (Phi) is 6.96. The highest BCUT2D eigenvalue weighted by atomic mass is 32.2. The summed E-state index contributed by atoms with van der Waals surface area (Å²) in [7, 11) is 0. The lowest BCUT2D eigenvalue weighted by Gasteiger charge is -2.12. The van der Waals surface area contributed by atoms with E-state index in [0.717, 1.165) is 5.56 Å². The molecule has 156 valence electrons. The van der Waals surface area contributed by atoms with Crippen LogP contribution in [0.25, 0.3) is 6.08 Å². The molecule has 1 fully saturated rings. The number of benzene rings is 1. The topological polar surface area (TPSA) is 89.2 Å². The molecule has 0 radical (unpaired) electrons. The second-order valence-electron chi connectivity index (χ2n) is 6.08. The molecular weight excluding hydrogens is 426 g/mol. The zero-order valence-corrected chi connectivity index (χ0v) is 17.8. The van der Waals surface area contributed by atoms with E-state index in [1.807, 2.05) is 6.92 Å². The number of hydrogen-bond donors (Lipinski definition) is 1. The van der Waals surface area contributed by atoms with E-state index in [4.69, 9.17) is 31.2 Å². The molecular formula is C21H19NO6S2. The number of nitrogens with zero attached hydrogens (tertiary/aromatic N) is 1. The molecule has 1 amide bonds. The Morgan fingerprint density at radius 1 is 1.30 bits per heavy atom. The van der Waals surface area contributed by atoms with Crippen LogP contribution in [-0.4, -0.2) is 39.4 Å². The number of aromatic carboxylic acids is 1. The molecule has 1 aliphatic heterocycles. The van der Waals surface area contributed by atoms with Gasteiger partial charge in [-0.15, -0.1) is 6.58 Å². The summed E-state index contributed by atoms with van der Waals surface area (Å²) >= 11 is 6.49. The molecule has 0 aliphatic carbocycles. The summed E-state index contributed by atoms with van der Waals surface area (Å²) in [4.78, 5) is 25.4. The Hall–Kier alpha value is -3.04. The largest absolute Gasteiger partial charge is 0.490 e. The molecule has 1 aromatic carbocycles. The molecule has 0 unspecified atom stereocenters. The van der Waals surface area contributed by atoms with Crippen molar-refractivity contribution in [2.75, 3.05) is 13.2 Å². The standard InChI is InChI=1S/C21H19NO6S2/c1-3-9-22-19(23)18(30-21(22)29)11-13-5-7-15(17(10-13)26-4-2)27-12-14-6-8-16(28-14)20(24)25/h3,5-8,10-11H,1,4,9,12H2,2H3,(H,24,25). The van der Waals surface area contributed by atoms with Crippen LogP contribution in [0.4, 0.5) is 0 Å². The van der Waals surface area contributed by atoms with E-state index >= 15 is 0 Å². The molecule has 1 aliphatic rings. The molecule has 1 aromatic heterocycles. The van der Waals surface area contributed by atoms with Gasteiger partial charge in [-0.3, -0.25) is 9.69 Å². The van der Waals surface area contributed by atoms with Crippen molar-refractivity contribution in [2.45, 2.75) is 13.5 Å². The van der Waals surface area contributed by atoms with Crippen molar-refractivity contribution < 1.29 is 28.6 Å². The minimum Gasteiger partial charge on any atom is -0.490 e. The fourth-order valence-corrected chi connectivity index (χ4v) is 3.93. The van der Waals surface area contributed by atoms with Crippen LogP contribution in [0.15, 0.2) is 52.3 Å². The summed E-state index contributed by atoms with van der Waals surface area (Å²) in [6.07, 6.45) is 3.38. The van der Waals surface area contributed by atoms with Crippen LogP contribution in [0.3, 0.4) is 0 Å². The molecule has 0 spiro atoms. The summed E-state index contributed by atoms with van der Waals surface area (Å²) in [5.74, 6) is -0.0961. The first-order chi connectivity index (χ1) is 14.4. The van der Waals surface area contributed by atoms with Gasteiger partial charge in [-0.1, -0.05) is 36.1 Å². The van der Waals surface area contributed by atoms with E-state index in [1.165, 1.54) is 22.7 Å². The van der Waals surface area contributed by atoms with Gasteiger partial charge in [0.2, 0.25) is 5.76 Å². The van der Waals surface area contributed by atoms with Crippen molar-refractivity contribution in [1.29, 1.82) is 0 Å². The monoisotopic (exact) mass is 445 g/mol. The lowest BCUT2D eigenvalue weighted by Crippen LogP contribution is -2.27. The molecule has 1 N–H and O–H groups in total. The van der Waals surface area contributed by atoms with Gasteiger partial charge in [0.1, 0.15) is 16.7 Å². The number of thiocarbonyl (C=S) groups is 1. The second-order valence-corrected chi connectivity index (χ2v) is 7.76. The van der Waals surface area contributed by atoms with Gasteiger partial charge in [0.25, 0.3) is 5.91 Å². The second kappa shape index (κ2) is 9.64. The lowest BCUT2D eigenvalue weighted by molar-refractivity contribution is -0.121. The lowest BCUT2D eigenvalue weighted by atomic mass is 10.2. The summed E-state index contributed by atoms with van der Waals surface area (Å²) in [5, 5.41) is 8.92. The van der Waals surface area contributed by atoms with Crippen LogP contribution >= 0.6 is 24.0 Å². The predicted octanol–water partition coefficient (Wildman–Crippen LogP) is 4.34. The van der Waals surface area contributed by atoms with Crippen molar-refractivity contribution in [1.82, 2.24) is 4.90 Å². The van der Waals surface area contributed by atoms with Crippen molar-refractivity contribution in [3.63, 3.8) is 0 Å². The van der Waals surface area contributed by atoms with Crippen LogP contribution in [-0.2, 0) is 11.4 Å². The number of thioether (sulfide) groups is 1. The highest BCUT2D eigenvalue weighted by Gasteiger charge is 2.31. The maximum absolute atomic E-state index is 12.5. The molecule has 0 saturated carbocycles. The number of carboxylic acids is 1. The molecule has 2 heterocycles. The van der Waals surface area contributed by atoms with Gasteiger partial charge in [0.15, 0.2) is 11.5 Å². The SMILES string of the molecule is C=CCN1C(=O)C(=Cc2ccc(OCc3ccc(C(=O)O)o3)c(OCC)c2)SC1=S. The first kappa shape index (κ1) is 21.7.